The zero-order valence-corrected chi connectivity index (χ0v) is 24.1. The third kappa shape index (κ3) is 6.28. The van der Waals surface area contributed by atoms with Gasteiger partial charge in [-0.15, -0.1) is 17.0 Å². The van der Waals surface area contributed by atoms with Gasteiger partial charge in [-0.1, -0.05) is 17.7 Å². The van der Waals surface area contributed by atoms with E-state index in [9.17, 15) is 17.6 Å². The number of sulfonamides is 1. The molecule has 3 aromatic rings. The number of hydrogen-bond acceptors (Lipinski definition) is 6. The first-order valence-electron chi connectivity index (χ1n) is 10.6. The predicted octanol–water partition coefficient (Wildman–Crippen LogP) is 2.82. The summed E-state index contributed by atoms with van der Waals surface area (Å²) in [5, 5.41) is 2.26. The van der Waals surface area contributed by atoms with Crippen LogP contribution in [0.25, 0.3) is 4.72 Å². The molecule has 0 N–H and O–H groups in total. The van der Waals surface area contributed by atoms with Crippen LogP contribution in [0.4, 0.5) is 15.8 Å². The zero-order chi connectivity index (χ0) is 24.5. The van der Waals surface area contributed by atoms with Crippen LogP contribution in [-0.4, -0.2) is 40.5 Å². The summed E-state index contributed by atoms with van der Waals surface area (Å²) in [4.78, 5) is 15.6. The zero-order valence-electron chi connectivity index (χ0n) is 19.7. The Kier molecular flexibility index (Phi) is 9.42. The van der Waals surface area contributed by atoms with Crippen molar-refractivity contribution in [3.8, 4) is 0 Å². The molecule has 6 nitrogen and oxygen atoms in total. The Bertz CT molecular complexity index is 1320. The number of hydrogen-bond donors (Lipinski definition) is 0. The summed E-state index contributed by atoms with van der Waals surface area (Å²) in [5.74, 6) is -0.778. The average molecular weight is 545 g/mol. The number of morpholine rings is 1. The van der Waals surface area contributed by atoms with E-state index in [4.69, 9.17) is 16.3 Å². The van der Waals surface area contributed by atoms with Gasteiger partial charge >= 0.3 is 29.6 Å². The number of Topliss-reactive ketones (excluding diaryl/α,β-unsaturated/α-hetero) is 1. The number of ketones is 1. The van der Waals surface area contributed by atoms with Crippen LogP contribution in [0, 0.1) is 19.7 Å². The molecule has 0 saturated carbocycles. The van der Waals surface area contributed by atoms with Crippen LogP contribution in [0.15, 0.2) is 46.7 Å². The first-order chi connectivity index (χ1) is 16.2. The fourth-order valence-corrected chi connectivity index (χ4v) is 6.27. The number of aryl methyl sites for hydroxylation is 1. The molecule has 1 aromatic heterocycles. The molecule has 0 aliphatic carbocycles. The molecule has 180 valence electrons. The maximum absolute atomic E-state index is 13.3. The number of carbonyl (C=O) groups is 1. The van der Waals surface area contributed by atoms with E-state index in [1.807, 2.05) is 19.9 Å². The maximum atomic E-state index is 13.3. The quantitative estimate of drug-likeness (QED) is 0.338. The Morgan fingerprint density at radius 1 is 1.17 bits per heavy atom. The van der Waals surface area contributed by atoms with E-state index in [1.165, 1.54) is 6.07 Å². The van der Waals surface area contributed by atoms with Gasteiger partial charge in [0.25, 0.3) is 0 Å². The van der Waals surface area contributed by atoms with Gasteiger partial charge in [0.1, 0.15) is 15.8 Å². The molecular weight excluding hydrogens is 522 g/mol. The molecule has 0 spiro atoms. The van der Waals surface area contributed by atoms with E-state index in [-0.39, 0.29) is 57.2 Å². The second-order valence-electron chi connectivity index (χ2n) is 7.98. The topological polar surface area (TPSA) is 77.8 Å². The summed E-state index contributed by atoms with van der Waals surface area (Å²) in [6.07, 6.45) is 0.0891. The predicted molar refractivity (Wildman–Crippen MR) is 133 cm³/mol. The number of nitrogens with zero attached hydrogens (tertiary/aromatic N) is 2. The van der Waals surface area contributed by atoms with Crippen molar-refractivity contribution in [3.63, 3.8) is 0 Å². The van der Waals surface area contributed by atoms with Gasteiger partial charge in [-0.25, -0.2) is 12.8 Å². The molecule has 1 saturated heterocycles. The van der Waals surface area contributed by atoms with Gasteiger partial charge in [-0.2, -0.15) is 0 Å². The maximum Gasteiger partial charge on any atom is 1.00 e. The van der Waals surface area contributed by atoms with E-state index in [0.29, 0.717) is 31.3 Å². The minimum absolute atomic E-state index is 0. The molecule has 1 fully saturated rings. The van der Waals surface area contributed by atoms with Crippen LogP contribution in [0.2, 0.25) is 5.02 Å². The third-order valence-electron chi connectivity index (χ3n) is 5.75. The number of thiophene rings is 1. The van der Waals surface area contributed by atoms with Crippen LogP contribution in [-0.2, 0) is 21.2 Å². The number of ether oxygens (including phenoxy) is 1. The van der Waals surface area contributed by atoms with Gasteiger partial charge < -0.3 is 14.4 Å². The molecule has 1 aliphatic heterocycles. The molecule has 35 heavy (non-hydrogen) atoms. The largest absolute Gasteiger partial charge is 1.00 e. The van der Waals surface area contributed by atoms with Gasteiger partial charge in [0, 0.05) is 19.5 Å². The molecule has 1 aliphatic rings. The number of halogens is 2. The number of benzene rings is 2. The number of carbonyl (C=O) groups excluding carboxylic acids is 1. The van der Waals surface area contributed by atoms with Crippen molar-refractivity contribution in [1.29, 1.82) is 0 Å². The molecule has 11 heteroatoms. The van der Waals surface area contributed by atoms with Crippen molar-refractivity contribution in [3.05, 3.63) is 78.9 Å². The van der Waals surface area contributed by atoms with Gasteiger partial charge in [0.05, 0.1) is 33.7 Å². The van der Waals surface area contributed by atoms with Crippen molar-refractivity contribution in [2.24, 2.45) is 0 Å². The summed E-state index contributed by atoms with van der Waals surface area (Å²) in [6.45, 7) is 6.51. The Balaban J connectivity index is 0.00000342. The van der Waals surface area contributed by atoms with Crippen LogP contribution in [0.3, 0.4) is 0 Å². The van der Waals surface area contributed by atoms with E-state index in [1.54, 1.807) is 5.38 Å². The second kappa shape index (κ2) is 11.7. The van der Waals surface area contributed by atoms with Gasteiger partial charge in [-0.3, -0.25) is 4.79 Å². The normalized spacial score (nSPS) is 13.9. The first-order valence-corrected chi connectivity index (χ1v) is 13.3. The third-order valence-corrected chi connectivity index (χ3v) is 8.28. The molecule has 0 bridgehead atoms. The smallest absolute Gasteiger partial charge is 0.571 e. The fourth-order valence-electron chi connectivity index (χ4n) is 4.02. The Morgan fingerprint density at radius 2 is 1.83 bits per heavy atom. The minimum atomic E-state index is -4.10. The fraction of sp³-hybridized carbons (Fsp3) is 0.292. The van der Waals surface area contributed by atoms with E-state index < -0.39 is 15.8 Å². The molecular formula is C24H23ClFN2NaO4S2. The number of anilines is 1. The molecule has 2 aromatic carbocycles. The summed E-state index contributed by atoms with van der Waals surface area (Å²) in [7, 11) is -4.10. The average Bonchev–Trinajstić information content (AvgIpc) is 3.25. The van der Waals surface area contributed by atoms with Gasteiger partial charge in [0.2, 0.25) is 0 Å². The van der Waals surface area contributed by atoms with Gasteiger partial charge in [-0.05, 0) is 66.2 Å². The van der Waals surface area contributed by atoms with Crippen molar-refractivity contribution < 1.29 is 51.9 Å². The van der Waals surface area contributed by atoms with Crippen molar-refractivity contribution >= 4 is 50.1 Å². The Morgan fingerprint density at radius 3 is 2.49 bits per heavy atom. The summed E-state index contributed by atoms with van der Waals surface area (Å²) >= 11 is 7.71. The second-order valence-corrected chi connectivity index (χ2v) is 10.9. The Hall–Kier alpha value is -1.46. The van der Waals surface area contributed by atoms with Gasteiger partial charge in [0.15, 0.2) is 5.78 Å². The summed E-state index contributed by atoms with van der Waals surface area (Å²) < 4.78 is 47.9. The number of rotatable bonds is 7. The SMILES string of the molecule is Cc1cc(Cl)c(N2CCOCC2)c(C)c1CC(=O)c1sccc1[N-]S(=O)(=O)c1ccc(F)cc1.[Na+]. The van der Waals surface area contributed by atoms with E-state index in [0.717, 1.165) is 58.0 Å². The summed E-state index contributed by atoms with van der Waals surface area (Å²) in [5.41, 5.74) is 3.65. The summed E-state index contributed by atoms with van der Waals surface area (Å²) in [6, 6.07) is 7.77. The Labute approximate surface area is 235 Å². The minimum Gasteiger partial charge on any atom is -0.571 e. The van der Waals surface area contributed by atoms with Crippen molar-refractivity contribution in [2.45, 2.75) is 25.2 Å². The van der Waals surface area contributed by atoms with E-state index >= 15 is 0 Å². The van der Waals surface area contributed by atoms with Crippen LogP contribution < -0.4 is 34.5 Å². The molecule has 0 radical (unpaired) electrons. The standard InChI is InChI=1S/C24H24ClFN2O4S2.Na/c1-15-13-20(25)23(28-8-10-32-11-9-28)16(2)19(15)14-22(29)24-21(7-12-33-24)27-34(30,31)18-5-3-17(26)4-6-18;/h3-7,12-13H,8-11,14H2,1-2H3,(H,27,29);/q;+1/p-1. The monoisotopic (exact) mass is 544 g/mol. The molecule has 2 heterocycles. The van der Waals surface area contributed by atoms with Crippen molar-refractivity contribution in [1.82, 2.24) is 0 Å². The van der Waals surface area contributed by atoms with Crippen LogP contribution in [0.1, 0.15) is 26.4 Å². The molecule has 0 amide bonds. The molecule has 0 atom stereocenters. The van der Waals surface area contributed by atoms with E-state index in [2.05, 4.69) is 9.62 Å². The van der Waals surface area contributed by atoms with Crippen LogP contribution >= 0.6 is 22.9 Å². The molecule has 4 rings (SSSR count). The molecule has 0 unspecified atom stereocenters. The first kappa shape index (κ1) is 28.1. The van der Waals surface area contributed by atoms with Crippen molar-refractivity contribution in [2.75, 3.05) is 31.2 Å². The van der Waals surface area contributed by atoms with Crippen LogP contribution in [0.5, 0.6) is 0 Å².